The van der Waals surface area contributed by atoms with Gasteiger partial charge in [0.15, 0.2) is 17.5 Å². The molecule has 0 aliphatic carbocycles. The van der Waals surface area contributed by atoms with Gasteiger partial charge in [0.05, 0.1) is 9.60 Å². The number of furan rings is 1. The molecule has 0 unspecified atom stereocenters. The van der Waals surface area contributed by atoms with Crippen LogP contribution in [-0.4, -0.2) is 15.0 Å². The highest BCUT2D eigenvalue weighted by atomic mass is 16.3. The van der Waals surface area contributed by atoms with Crippen LogP contribution in [0.25, 0.3) is 89.1 Å². The van der Waals surface area contributed by atoms with E-state index in [1.165, 1.54) is 0 Å². The Hall–Kier alpha value is -6.39. The van der Waals surface area contributed by atoms with E-state index in [0.29, 0.717) is 34.2 Å². The molecule has 4 nitrogen and oxygen atoms in total. The van der Waals surface area contributed by atoms with Gasteiger partial charge in [0, 0.05) is 27.5 Å². The number of hydrogen-bond donors (Lipinski definition) is 0. The van der Waals surface area contributed by atoms with E-state index in [-0.39, 0.29) is 28.4 Å². The Labute approximate surface area is 281 Å². The minimum atomic E-state index is -0.491. The number of benzene rings is 7. The summed E-state index contributed by atoms with van der Waals surface area (Å²) in [7, 11) is 0. The maximum absolute atomic E-state index is 8.79. The summed E-state index contributed by atoms with van der Waals surface area (Å²) in [5, 5.41) is 1.76. The van der Waals surface area contributed by atoms with Crippen molar-refractivity contribution in [3.63, 3.8) is 0 Å². The van der Waals surface area contributed by atoms with Crippen LogP contribution in [-0.2, 0) is 0 Å². The number of fused-ring (bicyclic) bond motifs is 4. The van der Waals surface area contributed by atoms with E-state index in [1.54, 1.807) is 24.3 Å². The van der Waals surface area contributed by atoms with Crippen molar-refractivity contribution in [3.05, 3.63) is 164 Å². The van der Waals surface area contributed by atoms with E-state index in [2.05, 4.69) is 12.1 Å². The maximum Gasteiger partial charge on any atom is 0.164 e. The summed E-state index contributed by atoms with van der Waals surface area (Å²) in [6.45, 7) is 0. The predicted molar refractivity (Wildman–Crippen MR) is 192 cm³/mol. The topological polar surface area (TPSA) is 51.8 Å². The molecule has 9 aromatic rings. The summed E-state index contributed by atoms with van der Waals surface area (Å²) in [6.07, 6.45) is 0. The second kappa shape index (κ2) is 11.2. The Kier molecular flexibility index (Phi) is 4.91. The zero-order chi connectivity index (χ0) is 37.2. The summed E-state index contributed by atoms with van der Waals surface area (Å²) >= 11 is 0. The van der Waals surface area contributed by atoms with Gasteiger partial charge in [-0.25, -0.2) is 15.0 Å². The fourth-order valence-corrected chi connectivity index (χ4v) is 5.97. The molecule has 0 atom stereocenters. The SMILES string of the molecule is [2H]c1c([2H])c([2H])c2c(-c3ccc(-c4nc(-c5ccc(-c6ccccc6)cc5)nc(-c5cccc6oc7ccccc7c56)n4)cc3)c([2H])c([2H])c([2H])c2c1[2H]. The van der Waals surface area contributed by atoms with Gasteiger partial charge in [-0.15, -0.1) is 0 Å². The molecule has 7 aromatic carbocycles. The Morgan fingerprint density at radius 2 is 1.00 bits per heavy atom. The molecular formula is C43H27N3O. The molecule has 0 fully saturated rings. The van der Waals surface area contributed by atoms with Gasteiger partial charge in [0.1, 0.15) is 11.2 Å². The molecule has 0 aliphatic rings. The molecule has 0 N–H and O–H groups in total. The quantitative estimate of drug-likeness (QED) is 0.195. The predicted octanol–water partition coefficient (Wildman–Crippen LogP) is 11.3. The normalized spacial score (nSPS) is 13.5. The van der Waals surface area contributed by atoms with E-state index < -0.39 is 30.2 Å². The highest BCUT2D eigenvalue weighted by molar-refractivity contribution is 6.11. The van der Waals surface area contributed by atoms with Crippen LogP contribution in [0.4, 0.5) is 0 Å². The zero-order valence-electron chi connectivity index (χ0n) is 31.8. The molecule has 9 rings (SSSR count). The minimum absolute atomic E-state index is 0.0314. The van der Waals surface area contributed by atoms with Gasteiger partial charge in [0.25, 0.3) is 0 Å². The Bertz CT molecular complexity index is 2940. The first kappa shape index (κ1) is 20.6. The standard InChI is InChI=1S/C43H27N3O/c1-2-10-28(11-3-1)29-20-24-32(25-21-29)41-44-42(33-26-22-31(23-27-33)35-16-8-13-30-12-4-5-14-34(30)35)46-43(45-41)37-17-9-19-39-40(37)36-15-6-7-18-38(36)47-39/h1-27H/i4D,5D,8D,12D,13D,14D,16D. The van der Waals surface area contributed by atoms with E-state index in [1.807, 2.05) is 84.9 Å². The van der Waals surface area contributed by atoms with Gasteiger partial charge in [0.2, 0.25) is 0 Å². The molecule has 0 saturated heterocycles. The van der Waals surface area contributed by atoms with Crippen LogP contribution in [0.15, 0.2) is 168 Å². The fourth-order valence-electron chi connectivity index (χ4n) is 5.97. The molecule has 0 aliphatic heterocycles. The molecule has 47 heavy (non-hydrogen) atoms. The Morgan fingerprint density at radius 3 is 1.79 bits per heavy atom. The van der Waals surface area contributed by atoms with Gasteiger partial charge >= 0.3 is 0 Å². The number of rotatable bonds is 5. The number of nitrogens with zero attached hydrogens (tertiary/aromatic N) is 3. The highest BCUT2D eigenvalue weighted by Crippen LogP contribution is 2.37. The number of hydrogen-bond acceptors (Lipinski definition) is 4. The summed E-state index contributed by atoms with van der Waals surface area (Å²) < 4.78 is 65.5. The van der Waals surface area contributed by atoms with E-state index in [4.69, 9.17) is 29.0 Å². The number of para-hydroxylation sites is 1. The van der Waals surface area contributed by atoms with Crippen LogP contribution in [0.1, 0.15) is 9.60 Å². The van der Waals surface area contributed by atoms with Crippen molar-refractivity contribution in [2.24, 2.45) is 0 Å². The molecule has 0 saturated carbocycles. The first-order valence-corrected chi connectivity index (χ1v) is 15.1. The average molecular weight is 609 g/mol. The Morgan fingerprint density at radius 1 is 0.404 bits per heavy atom. The van der Waals surface area contributed by atoms with Crippen LogP contribution in [0.3, 0.4) is 0 Å². The summed E-state index contributed by atoms with van der Waals surface area (Å²) in [6, 6.07) is 35.9. The maximum atomic E-state index is 8.79. The number of aromatic nitrogens is 3. The third-order valence-electron chi connectivity index (χ3n) is 8.27. The van der Waals surface area contributed by atoms with Crippen molar-refractivity contribution in [2.45, 2.75) is 0 Å². The highest BCUT2D eigenvalue weighted by Gasteiger charge is 2.18. The molecule has 0 spiro atoms. The van der Waals surface area contributed by atoms with E-state index >= 15 is 0 Å². The van der Waals surface area contributed by atoms with Gasteiger partial charge in [-0.2, -0.15) is 0 Å². The van der Waals surface area contributed by atoms with Crippen LogP contribution in [0.2, 0.25) is 0 Å². The molecule has 2 heterocycles. The summed E-state index contributed by atoms with van der Waals surface area (Å²) in [4.78, 5) is 14.9. The first-order valence-electron chi connectivity index (χ1n) is 18.6. The molecule has 220 valence electrons. The van der Waals surface area contributed by atoms with Crippen molar-refractivity contribution in [2.75, 3.05) is 0 Å². The second-order valence-corrected chi connectivity index (χ2v) is 11.1. The summed E-state index contributed by atoms with van der Waals surface area (Å²) in [5.41, 5.74) is 6.41. The van der Waals surface area contributed by atoms with Gasteiger partial charge in [-0.3, -0.25) is 0 Å². The van der Waals surface area contributed by atoms with E-state index in [9.17, 15) is 0 Å². The molecule has 0 radical (unpaired) electrons. The van der Waals surface area contributed by atoms with Crippen LogP contribution >= 0.6 is 0 Å². The van der Waals surface area contributed by atoms with Gasteiger partial charge < -0.3 is 4.42 Å². The second-order valence-electron chi connectivity index (χ2n) is 11.1. The lowest BCUT2D eigenvalue weighted by Crippen LogP contribution is -2.00. The molecule has 4 heteroatoms. The molecule has 0 bridgehead atoms. The van der Waals surface area contributed by atoms with Crippen molar-refractivity contribution < 1.29 is 14.0 Å². The van der Waals surface area contributed by atoms with Crippen LogP contribution in [0, 0.1) is 0 Å². The monoisotopic (exact) mass is 608 g/mol. The van der Waals surface area contributed by atoms with Crippen molar-refractivity contribution in [1.82, 2.24) is 15.0 Å². The summed E-state index contributed by atoms with van der Waals surface area (Å²) in [5.74, 6) is 1.30. The van der Waals surface area contributed by atoms with Crippen molar-refractivity contribution in [1.29, 1.82) is 0 Å². The van der Waals surface area contributed by atoms with Crippen molar-refractivity contribution in [3.8, 4) is 56.4 Å². The average Bonchev–Trinajstić information content (AvgIpc) is 3.60. The third kappa shape index (κ3) is 4.84. The van der Waals surface area contributed by atoms with Crippen molar-refractivity contribution >= 4 is 32.7 Å². The van der Waals surface area contributed by atoms with E-state index in [0.717, 1.165) is 38.6 Å². The Balaban J connectivity index is 1.22. The molecule has 0 amide bonds. The van der Waals surface area contributed by atoms with Crippen LogP contribution < -0.4 is 0 Å². The van der Waals surface area contributed by atoms with Gasteiger partial charge in [-0.1, -0.05) is 151 Å². The zero-order valence-corrected chi connectivity index (χ0v) is 24.8. The largest absolute Gasteiger partial charge is 0.456 e. The lowest BCUT2D eigenvalue weighted by atomic mass is 9.97. The van der Waals surface area contributed by atoms with Gasteiger partial charge in [-0.05, 0) is 45.2 Å². The molecule has 2 aromatic heterocycles. The molecular weight excluding hydrogens is 574 g/mol. The minimum Gasteiger partial charge on any atom is -0.456 e. The first-order chi connectivity index (χ1) is 26.2. The lowest BCUT2D eigenvalue weighted by Gasteiger charge is -2.11. The lowest BCUT2D eigenvalue weighted by molar-refractivity contribution is 0.669. The fraction of sp³-hybridized carbons (Fsp3) is 0. The van der Waals surface area contributed by atoms with Crippen LogP contribution in [0.5, 0.6) is 0 Å². The smallest absolute Gasteiger partial charge is 0.164 e. The third-order valence-corrected chi connectivity index (χ3v) is 8.27.